The van der Waals surface area contributed by atoms with Crippen molar-refractivity contribution in [2.24, 2.45) is 0 Å². The molecule has 0 radical (unpaired) electrons. The summed E-state index contributed by atoms with van der Waals surface area (Å²) in [5, 5.41) is 11.4. The predicted octanol–water partition coefficient (Wildman–Crippen LogP) is -0.00910. The Morgan fingerprint density at radius 3 is 3.09 bits per heavy atom. The summed E-state index contributed by atoms with van der Waals surface area (Å²) in [6.45, 7) is 0. The van der Waals surface area contributed by atoms with Gasteiger partial charge in [0.15, 0.2) is 0 Å². The first kappa shape index (κ1) is 7.83. The molecule has 2 N–H and O–H groups in total. The summed E-state index contributed by atoms with van der Waals surface area (Å²) in [6, 6.07) is -0.758. The third kappa shape index (κ3) is 1.82. The number of aliphatic carboxylic acids is 1. The van der Waals surface area contributed by atoms with Crippen LogP contribution >= 0.6 is 0 Å². The zero-order valence-corrected chi connectivity index (χ0v) is 5.95. The largest absolute Gasteiger partial charge is 0.480 e. The zero-order valence-electron chi connectivity index (χ0n) is 5.95. The smallest absolute Gasteiger partial charge is 0.321 e. The molecule has 0 bridgehead atoms. The van der Waals surface area contributed by atoms with E-state index in [0.717, 1.165) is 0 Å². The highest BCUT2D eigenvalue weighted by molar-refractivity contribution is 5.74. The molecule has 2 atom stereocenters. The molecule has 0 saturated heterocycles. The average Bonchev–Trinajstić information content (AvgIpc) is 2.05. The van der Waals surface area contributed by atoms with Gasteiger partial charge in [0, 0.05) is 0 Å². The number of carbonyl (C=O) groups is 1. The van der Waals surface area contributed by atoms with E-state index in [0.29, 0.717) is 6.42 Å². The van der Waals surface area contributed by atoms with Crippen molar-refractivity contribution in [1.29, 1.82) is 0 Å². The average molecular weight is 151 g/mol. The van der Waals surface area contributed by atoms with Gasteiger partial charge < -0.3 is 5.11 Å². The van der Waals surface area contributed by atoms with Crippen LogP contribution in [0.3, 0.4) is 0 Å². The van der Waals surface area contributed by atoms with Gasteiger partial charge in [-0.25, -0.2) is 0 Å². The van der Waals surface area contributed by atoms with E-state index in [2.05, 4.69) is 11.2 Å². The maximum Gasteiger partial charge on any atom is 0.321 e. The first-order valence-electron chi connectivity index (χ1n) is 3.35. The number of hydrogen-bond acceptors (Lipinski definition) is 2. The second-order valence-corrected chi connectivity index (χ2v) is 2.37. The highest BCUT2D eigenvalue weighted by Gasteiger charge is 2.20. The van der Waals surface area contributed by atoms with Gasteiger partial charge in [-0.1, -0.05) is 18.1 Å². The van der Waals surface area contributed by atoms with Gasteiger partial charge in [-0.2, -0.15) is 0 Å². The highest BCUT2D eigenvalue weighted by atomic mass is 16.4. The van der Waals surface area contributed by atoms with Crippen LogP contribution in [0, 0.1) is 12.3 Å². The van der Waals surface area contributed by atoms with E-state index >= 15 is 0 Å². The molecule has 11 heavy (non-hydrogen) atoms. The molecule has 3 nitrogen and oxygen atoms in total. The third-order valence-electron chi connectivity index (χ3n) is 1.56. The van der Waals surface area contributed by atoms with Crippen molar-refractivity contribution < 1.29 is 9.90 Å². The lowest BCUT2D eigenvalue weighted by atomic mass is 10.1. The van der Waals surface area contributed by atoms with Crippen molar-refractivity contribution in [1.82, 2.24) is 5.32 Å². The molecule has 3 heteroatoms. The molecule has 0 aromatic carbocycles. The van der Waals surface area contributed by atoms with E-state index in [1.54, 1.807) is 12.2 Å². The summed E-state index contributed by atoms with van der Waals surface area (Å²) in [5.74, 6) is 1.58. The second-order valence-electron chi connectivity index (χ2n) is 2.37. The topological polar surface area (TPSA) is 49.3 Å². The van der Waals surface area contributed by atoms with Crippen molar-refractivity contribution in [2.75, 3.05) is 0 Å². The lowest BCUT2D eigenvalue weighted by molar-refractivity contribution is -0.139. The molecule has 0 aromatic rings. The van der Waals surface area contributed by atoms with Gasteiger partial charge in [0.25, 0.3) is 0 Å². The molecule has 0 unspecified atom stereocenters. The number of carboxylic acids is 1. The maximum absolute atomic E-state index is 10.5. The van der Waals surface area contributed by atoms with E-state index in [-0.39, 0.29) is 6.04 Å². The van der Waals surface area contributed by atoms with Crippen LogP contribution in [0.15, 0.2) is 12.2 Å². The van der Waals surface area contributed by atoms with Gasteiger partial charge in [0.2, 0.25) is 0 Å². The third-order valence-corrected chi connectivity index (χ3v) is 1.56. The summed E-state index contributed by atoms with van der Waals surface area (Å²) >= 11 is 0. The van der Waals surface area contributed by atoms with Crippen molar-refractivity contribution >= 4 is 5.97 Å². The van der Waals surface area contributed by atoms with Crippen molar-refractivity contribution in [3.63, 3.8) is 0 Å². The Labute approximate surface area is 65.1 Å². The Hall–Kier alpha value is -1.27. The molecular weight excluding hydrogens is 142 g/mol. The van der Waals surface area contributed by atoms with Crippen molar-refractivity contribution in [2.45, 2.75) is 18.5 Å². The normalized spacial score (nSPS) is 29.4. The molecule has 0 spiro atoms. The highest BCUT2D eigenvalue weighted by Crippen LogP contribution is 2.03. The van der Waals surface area contributed by atoms with E-state index in [9.17, 15) is 4.79 Å². The van der Waals surface area contributed by atoms with Crippen molar-refractivity contribution in [3.05, 3.63) is 12.2 Å². The molecular formula is C8H9NO2. The van der Waals surface area contributed by atoms with Crippen LogP contribution in [0.4, 0.5) is 0 Å². The SMILES string of the molecule is C#C[C@H]1C=CC[C@@H](C(=O)O)N1. The monoisotopic (exact) mass is 151 g/mol. The quantitative estimate of drug-likeness (QED) is 0.409. The van der Waals surface area contributed by atoms with Crippen LogP contribution in [0.1, 0.15) is 6.42 Å². The fourth-order valence-electron chi connectivity index (χ4n) is 0.967. The van der Waals surface area contributed by atoms with Crippen LogP contribution < -0.4 is 5.32 Å². The molecule has 0 aromatic heterocycles. The number of nitrogens with one attached hydrogen (secondary N) is 1. The van der Waals surface area contributed by atoms with Crippen LogP contribution in [0.5, 0.6) is 0 Å². The van der Waals surface area contributed by atoms with Gasteiger partial charge in [0.1, 0.15) is 6.04 Å². The van der Waals surface area contributed by atoms with Gasteiger partial charge in [-0.15, -0.1) is 6.42 Å². The van der Waals surface area contributed by atoms with Gasteiger partial charge in [-0.3, -0.25) is 10.1 Å². The van der Waals surface area contributed by atoms with Crippen molar-refractivity contribution in [3.8, 4) is 12.3 Å². The first-order chi connectivity index (χ1) is 5.24. The summed E-state index contributed by atoms with van der Waals surface area (Å²) in [7, 11) is 0. The number of hydrogen-bond donors (Lipinski definition) is 2. The lowest BCUT2D eigenvalue weighted by Crippen LogP contribution is -2.43. The van der Waals surface area contributed by atoms with Crippen LogP contribution in [-0.2, 0) is 4.79 Å². The molecule has 0 amide bonds. The fourth-order valence-corrected chi connectivity index (χ4v) is 0.967. The van der Waals surface area contributed by atoms with Crippen LogP contribution in [0.2, 0.25) is 0 Å². The molecule has 0 saturated carbocycles. The number of rotatable bonds is 1. The zero-order chi connectivity index (χ0) is 8.27. The summed E-state index contributed by atoms with van der Waals surface area (Å²) in [5.41, 5.74) is 0. The minimum atomic E-state index is -0.852. The number of carboxylic acid groups (broad SMARTS) is 1. The minimum absolute atomic E-state index is 0.232. The van der Waals surface area contributed by atoms with E-state index in [4.69, 9.17) is 11.5 Å². The van der Waals surface area contributed by atoms with Crippen LogP contribution in [-0.4, -0.2) is 23.2 Å². The Balaban J connectivity index is 2.60. The van der Waals surface area contributed by atoms with E-state index in [1.807, 2.05) is 0 Å². The minimum Gasteiger partial charge on any atom is -0.480 e. The lowest BCUT2D eigenvalue weighted by Gasteiger charge is -2.19. The van der Waals surface area contributed by atoms with E-state index in [1.165, 1.54) is 0 Å². The molecule has 1 rings (SSSR count). The molecule has 1 aliphatic rings. The van der Waals surface area contributed by atoms with Gasteiger partial charge in [0.05, 0.1) is 6.04 Å². The fraction of sp³-hybridized carbons (Fsp3) is 0.375. The molecule has 1 heterocycles. The van der Waals surface area contributed by atoms with Gasteiger partial charge >= 0.3 is 5.97 Å². The maximum atomic E-state index is 10.5. The summed E-state index contributed by atoms with van der Waals surface area (Å²) in [6.07, 6.45) is 9.20. The van der Waals surface area contributed by atoms with Gasteiger partial charge in [-0.05, 0) is 6.42 Å². The standard InChI is InChI=1S/C8H9NO2/c1-2-6-4-3-5-7(9-6)8(10)11/h1,3-4,6-7,9H,5H2,(H,10,11)/t6-,7-/m0/s1. The second kappa shape index (κ2) is 3.22. The van der Waals surface area contributed by atoms with Crippen LogP contribution in [0.25, 0.3) is 0 Å². The summed E-state index contributed by atoms with van der Waals surface area (Å²) in [4.78, 5) is 10.5. The molecule has 58 valence electrons. The predicted molar refractivity (Wildman–Crippen MR) is 40.9 cm³/mol. The first-order valence-corrected chi connectivity index (χ1v) is 3.35. The van der Waals surface area contributed by atoms with E-state index < -0.39 is 12.0 Å². The Morgan fingerprint density at radius 2 is 2.55 bits per heavy atom. The molecule has 1 aliphatic heterocycles. The molecule has 0 aliphatic carbocycles. The Kier molecular flexibility index (Phi) is 2.29. The number of terminal acetylenes is 1. The summed E-state index contributed by atoms with van der Waals surface area (Å²) < 4.78 is 0. The Morgan fingerprint density at radius 1 is 1.82 bits per heavy atom. The Bertz CT molecular complexity index is 227. The molecule has 0 fully saturated rings.